The van der Waals surface area contributed by atoms with Crippen LogP contribution in [-0.4, -0.2) is 38.2 Å². The molecule has 0 aliphatic heterocycles. The average molecular weight is 425 g/mol. The molecule has 7 heteroatoms. The van der Waals surface area contributed by atoms with Gasteiger partial charge in [0.2, 0.25) is 5.65 Å². The van der Waals surface area contributed by atoms with Crippen molar-refractivity contribution >= 4 is 22.4 Å². The normalized spacial score (nSPS) is 14.7. The monoisotopic (exact) mass is 424 g/mol. The van der Waals surface area contributed by atoms with Crippen molar-refractivity contribution in [3.8, 4) is 5.75 Å². The van der Waals surface area contributed by atoms with E-state index in [1.54, 1.807) is 7.11 Å². The average Bonchev–Trinajstić information content (AvgIpc) is 3.45. The summed E-state index contributed by atoms with van der Waals surface area (Å²) in [6, 6.07) is 16.7. The Morgan fingerprint density at radius 2 is 1.97 bits per heavy atom. The third kappa shape index (κ3) is 3.26. The van der Waals surface area contributed by atoms with Crippen molar-refractivity contribution in [1.29, 1.82) is 0 Å². The highest BCUT2D eigenvalue weighted by Crippen LogP contribution is 2.39. The van der Waals surface area contributed by atoms with Gasteiger partial charge in [-0.25, -0.2) is 4.98 Å². The molecule has 6 rings (SSSR count). The lowest BCUT2D eigenvalue weighted by molar-refractivity contribution is 0.414. The van der Waals surface area contributed by atoms with E-state index in [1.165, 1.54) is 29.4 Å². The van der Waals surface area contributed by atoms with Crippen molar-refractivity contribution in [3.05, 3.63) is 84.1 Å². The molecule has 2 N–H and O–H groups in total. The highest BCUT2D eigenvalue weighted by atomic mass is 16.5. The zero-order valence-corrected chi connectivity index (χ0v) is 17.8. The number of fused-ring (bicyclic) bond motifs is 2. The minimum Gasteiger partial charge on any atom is -0.497 e. The molecular formula is C25H24N6O. The molecule has 2 aromatic carbocycles. The summed E-state index contributed by atoms with van der Waals surface area (Å²) in [7, 11) is 1.69. The molecule has 32 heavy (non-hydrogen) atoms. The van der Waals surface area contributed by atoms with Gasteiger partial charge < -0.3 is 15.0 Å². The number of nitrogens with zero attached hydrogens (tertiary/aromatic N) is 4. The van der Waals surface area contributed by atoms with Gasteiger partial charge in [-0.15, -0.1) is 10.2 Å². The van der Waals surface area contributed by atoms with Crippen LogP contribution in [0.5, 0.6) is 5.75 Å². The Labute approximate surface area is 185 Å². The fraction of sp³-hybridized carbons (Fsp3) is 0.240. The second-order valence-corrected chi connectivity index (χ2v) is 8.30. The molecular weight excluding hydrogens is 400 g/mol. The number of nitrogens with one attached hydrogen (secondary N) is 2. The van der Waals surface area contributed by atoms with Gasteiger partial charge in [0.15, 0.2) is 5.82 Å². The number of para-hydroxylation sites is 1. The maximum atomic E-state index is 5.36. The van der Waals surface area contributed by atoms with Gasteiger partial charge in [0.05, 0.1) is 7.11 Å². The van der Waals surface area contributed by atoms with E-state index in [1.807, 2.05) is 24.5 Å². The largest absolute Gasteiger partial charge is 0.497 e. The summed E-state index contributed by atoms with van der Waals surface area (Å²) in [6.45, 7) is 0.673. The number of aromatic nitrogens is 5. The molecule has 1 fully saturated rings. The number of hydrogen-bond acceptors (Lipinski definition) is 5. The summed E-state index contributed by atoms with van der Waals surface area (Å²) in [4.78, 5) is 7.99. The van der Waals surface area contributed by atoms with Crippen LogP contribution in [0.2, 0.25) is 0 Å². The Morgan fingerprint density at radius 1 is 1.12 bits per heavy atom. The summed E-state index contributed by atoms with van der Waals surface area (Å²) in [5.74, 6) is 3.28. The number of hydrogen-bond donors (Lipinski definition) is 2. The summed E-state index contributed by atoms with van der Waals surface area (Å²) in [6.07, 6.45) is 8.25. The van der Waals surface area contributed by atoms with Crippen molar-refractivity contribution in [2.75, 3.05) is 19.0 Å². The quantitative estimate of drug-likeness (QED) is 0.395. The fourth-order valence-corrected chi connectivity index (χ4v) is 4.41. The van der Waals surface area contributed by atoms with Crippen LogP contribution >= 0.6 is 0 Å². The van der Waals surface area contributed by atoms with Crippen molar-refractivity contribution in [3.63, 3.8) is 0 Å². The molecule has 0 spiro atoms. The van der Waals surface area contributed by atoms with Crippen LogP contribution in [0.4, 0.5) is 5.82 Å². The van der Waals surface area contributed by atoms with Crippen LogP contribution in [0.1, 0.15) is 41.6 Å². The number of H-pyrrole nitrogens is 1. The molecule has 0 radical (unpaired) electrons. The first kappa shape index (κ1) is 18.9. The van der Waals surface area contributed by atoms with Gasteiger partial charge in [-0.2, -0.15) is 0 Å². The van der Waals surface area contributed by atoms with Crippen LogP contribution in [0.15, 0.2) is 67.1 Å². The van der Waals surface area contributed by atoms with E-state index in [2.05, 4.69) is 72.5 Å². The van der Waals surface area contributed by atoms with Crippen LogP contribution in [0, 0.1) is 0 Å². The molecule has 3 aromatic heterocycles. The van der Waals surface area contributed by atoms with Crippen LogP contribution in [0.25, 0.3) is 16.6 Å². The SMILES string of the molecule is COc1ccc(C(CNc2nccn3c(C4CC4)nnc23)c2c[nH]c3ccccc23)cc1. The first-order valence-electron chi connectivity index (χ1n) is 11.0. The summed E-state index contributed by atoms with van der Waals surface area (Å²) >= 11 is 0. The lowest BCUT2D eigenvalue weighted by Crippen LogP contribution is -2.15. The number of benzene rings is 2. The predicted octanol–water partition coefficient (Wildman–Crippen LogP) is 4.74. The van der Waals surface area contributed by atoms with Crippen LogP contribution < -0.4 is 10.1 Å². The van der Waals surface area contributed by atoms with Gasteiger partial charge >= 0.3 is 0 Å². The molecule has 0 amide bonds. The van der Waals surface area contributed by atoms with Gasteiger partial charge in [0.1, 0.15) is 11.6 Å². The minimum atomic E-state index is 0.116. The van der Waals surface area contributed by atoms with E-state index in [9.17, 15) is 0 Å². The summed E-state index contributed by atoms with van der Waals surface area (Å²) in [5.41, 5.74) is 4.36. The maximum absolute atomic E-state index is 5.36. The van der Waals surface area contributed by atoms with Gasteiger partial charge in [-0.05, 0) is 42.2 Å². The third-order valence-electron chi connectivity index (χ3n) is 6.28. The summed E-state index contributed by atoms with van der Waals surface area (Å²) < 4.78 is 7.43. The Balaban J connectivity index is 1.37. The molecule has 5 aromatic rings. The molecule has 0 saturated heterocycles. The Hall–Kier alpha value is -3.87. The lowest BCUT2D eigenvalue weighted by Gasteiger charge is -2.19. The number of anilines is 1. The Morgan fingerprint density at radius 3 is 2.78 bits per heavy atom. The van der Waals surface area contributed by atoms with E-state index in [-0.39, 0.29) is 5.92 Å². The predicted molar refractivity (Wildman–Crippen MR) is 124 cm³/mol. The molecule has 1 aliphatic carbocycles. The van der Waals surface area contributed by atoms with Crippen molar-refractivity contribution in [2.45, 2.75) is 24.7 Å². The topological polar surface area (TPSA) is 80.1 Å². The molecule has 160 valence electrons. The molecule has 3 heterocycles. The van der Waals surface area contributed by atoms with Gasteiger partial charge in [0.25, 0.3) is 0 Å². The van der Waals surface area contributed by atoms with Crippen LogP contribution in [0.3, 0.4) is 0 Å². The zero-order chi connectivity index (χ0) is 21.5. The second-order valence-electron chi connectivity index (χ2n) is 8.30. The highest BCUT2D eigenvalue weighted by Gasteiger charge is 2.29. The number of methoxy groups -OCH3 is 1. The fourth-order valence-electron chi connectivity index (χ4n) is 4.41. The Bertz CT molecular complexity index is 1380. The third-order valence-corrected chi connectivity index (χ3v) is 6.28. The van der Waals surface area contributed by atoms with Gasteiger partial charge in [-0.3, -0.25) is 4.40 Å². The molecule has 1 saturated carbocycles. The smallest absolute Gasteiger partial charge is 0.203 e. The lowest BCUT2D eigenvalue weighted by atomic mass is 9.91. The van der Waals surface area contributed by atoms with Crippen molar-refractivity contribution in [1.82, 2.24) is 24.6 Å². The molecule has 7 nitrogen and oxygen atoms in total. The van der Waals surface area contributed by atoms with Crippen LogP contribution in [-0.2, 0) is 0 Å². The number of rotatable bonds is 7. The van der Waals surface area contributed by atoms with Crippen molar-refractivity contribution < 1.29 is 4.74 Å². The molecule has 0 bridgehead atoms. The number of aromatic amines is 1. The standard InChI is InChI=1S/C25H24N6O/c1-32-18-10-8-16(9-11-18)20(21-15-27-22-5-3-2-4-19(21)22)14-28-23-25-30-29-24(17-6-7-17)31(25)13-12-26-23/h2-5,8-13,15,17,20,27H,6-7,14H2,1H3,(H,26,28). The van der Waals surface area contributed by atoms with E-state index in [0.717, 1.165) is 28.6 Å². The minimum absolute atomic E-state index is 0.116. The van der Waals surface area contributed by atoms with E-state index in [0.29, 0.717) is 12.5 Å². The maximum Gasteiger partial charge on any atom is 0.203 e. The first-order valence-corrected chi connectivity index (χ1v) is 11.0. The Kier molecular flexibility index (Phi) is 4.52. The van der Waals surface area contributed by atoms with E-state index >= 15 is 0 Å². The van der Waals surface area contributed by atoms with Gasteiger partial charge in [-0.1, -0.05) is 30.3 Å². The second kappa shape index (κ2) is 7.67. The highest BCUT2D eigenvalue weighted by molar-refractivity contribution is 5.84. The molecule has 1 aliphatic rings. The van der Waals surface area contributed by atoms with Crippen molar-refractivity contribution in [2.24, 2.45) is 0 Å². The van der Waals surface area contributed by atoms with Gasteiger partial charge in [0, 0.05) is 47.9 Å². The first-order chi connectivity index (χ1) is 15.8. The van der Waals surface area contributed by atoms with E-state index in [4.69, 9.17) is 4.74 Å². The molecule has 1 unspecified atom stereocenters. The molecule has 1 atom stereocenters. The number of ether oxygens (including phenoxy) is 1. The zero-order valence-electron chi connectivity index (χ0n) is 17.8. The summed E-state index contributed by atoms with van der Waals surface area (Å²) in [5, 5.41) is 13.6. The van der Waals surface area contributed by atoms with E-state index < -0.39 is 0 Å².